The van der Waals surface area contributed by atoms with E-state index in [-0.39, 0.29) is 5.44 Å². The van der Waals surface area contributed by atoms with Crippen molar-refractivity contribution in [3.05, 3.63) is 65.7 Å². The topological polar surface area (TPSA) is 112 Å². The lowest BCUT2D eigenvalue weighted by molar-refractivity contribution is -0.0712. The Balaban J connectivity index is 1.08. The van der Waals surface area contributed by atoms with Gasteiger partial charge in [-0.1, -0.05) is 35.5 Å². The lowest BCUT2D eigenvalue weighted by atomic mass is 9.88. The number of rotatable bonds is 11. The number of thioether (sulfide) groups is 1. The van der Waals surface area contributed by atoms with Gasteiger partial charge in [-0.25, -0.2) is 14.6 Å². The first kappa shape index (κ1) is 28.7. The van der Waals surface area contributed by atoms with Crippen LogP contribution in [-0.2, 0) is 10.6 Å². The summed E-state index contributed by atoms with van der Waals surface area (Å²) in [5.41, 5.74) is 3.71. The number of nitrogens with zero attached hydrogens (tertiary/aromatic N) is 7. The summed E-state index contributed by atoms with van der Waals surface area (Å²) in [6.45, 7) is 5.93. The number of piperidine rings is 1. The number of aromatic nitrogens is 6. The third-order valence-electron chi connectivity index (χ3n) is 7.65. The third-order valence-corrected chi connectivity index (χ3v) is 8.94. The second-order valence-electron chi connectivity index (χ2n) is 10.4. The van der Waals surface area contributed by atoms with E-state index in [1.165, 1.54) is 5.56 Å². The molecule has 2 aromatic heterocycles. The standard InChI is InChI=1S/C29H33ClN8O3S/c1-19(42-18-38-17-33-35-36-38)41-27-11-22(3-5-25(27)30)23-13-31-29(32-14-23)34-26-6-4-21(12-28(26)39-2)20-7-9-37(10-8-20)24-15-40-16-24/h3-6,11-14,17,19-20,24H,7-10,15-16,18H2,1-2H3,(H,31,32,34). The number of hydrogen-bond acceptors (Lipinski definition) is 11. The molecule has 0 bridgehead atoms. The molecule has 13 heteroatoms. The van der Waals surface area contributed by atoms with Crippen LogP contribution in [-0.4, -0.2) is 80.0 Å². The highest BCUT2D eigenvalue weighted by atomic mass is 35.5. The SMILES string of the molecule is COc1cc(C2CCN(C3COC3)CC2)ccc1Nc1ncc(-c2ccc(Cl)c(OC(C)SCn3cnnn3)c2)cn1. The van der Waals surface area contributed by atoms with Crippen LogP contribution in [0, 0.1) is 0 Å². The van der Waals surface area contributed by atoms with Crippen LogP contribution in [0.2, 0.25) is 5.02 Å². The predicted octanol–water partition coefficient (Wildman–Crippen LogP) is 5.23. The highest BCUT2D eigenvalue weighted by molar-refractivity contribution is 7.98. The number of benzene rings is 2. The largest absolute Gasteiger partial charge is 0.495 e. The number of anilines is 2. The molecule has 4 heterocycles. The second kappa shape index (κ2) is 13.2. The number of methoxy groups -OCH3 is 1. The first-order valence-corrected chi connectivity index (χ1v) is 15.4. The van der Waals surface area contributed by atoms with E-state index < -0.39 is 0 Å². The van der Waals surface area contributed by atoms with Crippen LogP contribution in [0.1, 0.15) is 31.2 Å². The molecule has 42 heavy (non-hydrogen) atoms. The van der Waals surface area contributed by atoms with Crippen molar-refractivity contribution in [2.45, 2.75) is 43.0 Å². The molecule has 2 aliphatic heterocycles. The molecule has 0 spiro atoms. The summed E-state index contributed by atoms with van der Waals surface area (Å²) in [4.78, 5) is 11.7. The van der Waals surface area contributed by atoms with Crippen LogP contribution in [0.3, 0.4) is 0 Å². The van der Waals surface area contributed by atoms with E-state index >= 15 is 0 Å². The van der Waals surface area contributed by atoms with Crippen molar-refractivity contribution in [1.29, 1.82) is 0 Å². The van der Waals surface area contributed by atoms with Crippen molar-refractivity contribution >= 4 is 35.0 Å². The molecular formula is C29H33ClN8O3S. The molecule has 2 saturated heterocycles. The minimum Gasteiger partial charge on any atom is -0.495 e. The normalized spacial score (nSPS) is 17.0. The summed E-state index contributed by atoms with van der Waals surface area (Å²) < 4.78 is 18.8. The van der Waals surface area contributed by atoms with Crippen molar-refractivity contribution in [3.8, 4) is 22.6 Å². The van der Waals surface area contributed by atoms with Gasteiger partial charge < -0.3 is 19.5 Å². The highest BCUT2D eigenvalue weighted by Crippen LogP contribution is 2.36. The van der Waals surface area contributed by atoms with E-state index in [2.05, 4.69) is 53.9 Å². The van der Waals surface area contributed by atoms with Gasteiger partial charge in [-0.15, -0.1) is 5.10 Å². The Bertz CT molecular complexity index is 1460. The molecule has 1 N–H and O–H groups in total. The van der Waals surface area contributed by atoms with Crippen LogP contribution < -0.4 is 14.8 Å². The summed E-state index contributed by atoms with van der Waals surface area (Å²) in [5.74, 6) is 2.94. The van der Waals surface area contributed by atoms with Gasteiger partial charge in [0.05, 0.1) is 43.0 Å². The number of halogens is 1. The van der Waals surface area contributed by atoms with Gasteiger partial charge in [0.1, 0.15) is 23.3 Å². The summed E-state index contributed by atoms with van der Waals surface area (Å²) in [5, 5.41) is 15.0. The molecule has 220 valence electrons. The minimum atomic E-state index is -0.165. The van der Waals surface area contributed by atoms with E-state index in [4.69, 9.17) is 25.8 Å². The van der Waals surface area contributed by atoms with Crippen LogP contribution in [0.5, 0.6) is 11.5 Å². The van der Waals surface area contributed by atoms with Gasteiger partial charge in [-0.05, 0) is 84.6 Å². The molecule has 2 aromatic carbocycles. The number of hydrogen-bond donors (Lipinski definition) is 1. The smallest absolute Gasteiger partial charge is 0.227 e. The Morgan fingerprint density at radius 2 is 1.88 bits per heavy atom. The molecule has 0 radical (unpaired) electrons. The van der Waals surface area contributed by atoms with E-state index in [1.807, 2.05) is 25.1 Å². The average Bonchev–Trinajstić information content (AvgIpc) is 3.51. The Hall–Kier alpha value is -3.45. The number of tetrazole rings is 1. The number of likely N-dealkylation sites (tertiary alicyclic amines) is 1. The van der Waals surface area contributed by atoms with Gasteiger partial charge in [0.2, 0.25) is 5.95 Å². The fourth-order valence-corrected chi connectivity index (χ4v) is 5.98. The van der Waals surface area contributed by atoms with E-state index in [9.17, 15) is 0 Å². The Kier molecular flexibility index (Phi) is 9.04. The van der Waals surface area contributed by atoms with Gasteiger partial charge in [-0.3, -0.25) is 4.90 Å². The molecular weight excluding hydrogens is 576 g/mol. The third kappa shape index (κ3) is 6.78. The fraction of sp³-hybridized carbons (Fsp3) is 0.414. The summed E-state index contributed by atoms with van der Waals surface area (Å²) in [7, 11) is 1.69. The molecule has 2 aliphatic rings. The Morgan fingerprint density at radius 3 is 2.57 bits per heavy atom. The van der Waals surface area contributed by atoms with Crippen molar-refractivity contribution in [2.24, 2.45) is 0 Å². The molecule has 6 rings (SSSR count). The van der Waals surface area contributed by atoms with Gasteiger partial charge in [0.15, 0.2) is 0 Å². The molecule has 2 fully saturated rings. The van der Waals surface area contributed by atoms with Crippen LogP contribution in [0.15, 0.2) is 55.1 Å². The predicted molar refractivity (Wildman–Crippen MR) is 162 cm³/mol. The zero-order chi connectivity index (χ0) is 28.9. The highest BCUT2D eigenvalue weighted by Gasteiger charge is 2.30. The van der Waals surface area contributed by atoms with Gasteiger partial charge in [0.25, 0.3) is 0 Å². The maximum atomic E-state index is 6.43. The zero-order valence-electron chi connectivity index (χ0n) is 23.5. The van der Waals surface area contributed by atoms with Crippen LogP contribution in [0.4, 0.5) is 11.6 Å². The van der Waals surface area contributed by atoms with Crippen molar-refractivity contribution in [3.63, 3.8) is 0 Å². The molecule has 0 aliphatic carbocycles. The van der Waals surface area contributed by atoms with Crippen LogP contribution in [0.25, 0.3) is 11.1 Å². The van der Waals surface area contributed by atoms with E-state index in [1.54, 1.807) is 42.3 Å². The van der Waals surface area contributed by atoms with Crippen molar-refractivity contribution in [2.75, 3.05) is 38.7 Å². The molecule has 4 aromatic rings. The molecule has 1 atom stereocenters. The molecule has 0 saturated carbocycles. The maximum absolute atomic E-state index is 6.43. The maximum Gasteiger partial charge on any atom is 0.227 e. The van der Waals surface area contributed by atoms with Crippen molar-refractivity contribution < 1.29 is 14.2 Å². The van der Waals surface area contributed by atoms with E-state index in [0.717, 1.165) is 61.7 Å². The first-order valence-electron chi connectivity index (χ1n) is 13.9. The molecule has 0 amide bonds. The summed E-state index contributed by atoms with van der Waals surface area (Å²) in [6.07, 6.45) is 7.41. The first-order chi connectivity index (χ1) is 20.6. The lowest BCUT2D eigenvalue weighted by Gasteiger charge is -2.41. The number of ether oxygens (including phenoxy) is 3. The Labute approximate surface area is 253 Å². The Morgan fingerprint density at radius 1 is 1.07 bits per heavy atom. The molecule has 11 nitrogen and oxygen atoms in total. The second-order valence-corrected chi connectivity index (χ2v) is 12.0. The fourth-order valence-electron chi connectivity index (χ4n) is 5.17. The van der Waals surface area contributed by atoms with Gasteiger partial charge in [0, 0.05) is 18.0 Å². The lowest BCUT2D eigenvalue weighted by Crippen LogP contribution is -2.51. The summed E-state index contributed by atoms with van der Waals surface area (Å²) in [6, 6.07) is 12.6. The van der Waals surface area contributed by atoms with Crippen molar-refractivity contribution in [1.82, 2.24) is 35.1 Å². The van der Waals surface area contributed by atoms with Gasteiger partial charge in [-0.2, -0.15) is 0 Å². The summed E-state index contributed by atoms with van der Waals surface area (Å²) >= 11 is 7.98. The average molecular weight is 609 g/mol. The monoisotopic (exact) mass is 608 g/mol. The molecule has 1 unspecified atom stereocenters. The van der Waals surface area contributed by atoms with Gasteiger partial charge >= 0.3 is 0 Å². The van der Waals surface area contributed by atoms with E-state index in [0.29, 0.717) is 34.6 Å². The number of nitrogens with one attached hydrogen (secondary N) is 1. The zero-order valence-corrected chi connectivity index (χ0v) is 25.1. The quantitative estimate of drug-likeness (QED) is 0.226. The minimum absolute atomic E-state index is 0.165. The van der Waals surface area contributed by atoms with Crippen LogP contribution >= 0.6 is 23.4 Å².